The SMILES string of the molecule is CCc1ccc(NCCCCN2CCNCC2)cc1. The van der Waals surface area contributed by atoms with Crippen LogP contribution in [-0.2, 0) is 6.42 Å². The van der Waals surface area contributed by atoms with Crippen molar-refractivity contribution in [3.8, 4) is 0 Å². The molecule has 1 aromatic carbocycles. The normalized spacial score (nSPS) is 16.5. The Labute approximate surface area is 117 Å². The molecule has 3 heteroatoms. The van der Waals surface area contributed by atoms with E-state index < -0.39 is 0 Å². The Hall–Kier alpha value is -1.06. The number of rotatable bonds is 7. The van der Waals surface area contributed by atoms with Crippen molar-refractivity contribution < 1.29 is 0 Å². The summed E-state index contributed by atoms with van der Waals surface area (Å²) in [6.45, 7) is 9.26. The molecule has 0 atom stereocenters. The second-order valence-electron chi connectivity index (χ2n) is 5.28. The van der Waals surface area contributed by atoms with E-state index in [0.29, 0.717) is 0 Å². The molecule has 2 N–H and O–H groups in total. The van der Waals surface area contributed by atoms with Crippen LogP contribution in [0.4, 0.5) is 5.69 Å². The fourth-order valence-electron chi connectivity index (χ4n) is 2.49. The number of nitrogens with zero attached hydrogens (tertiary/aromatic N) is 1. The molecule has 1 heterocycles. The first-order chi connectivity index (χ1) is 9.38. The molecule has 0 unspecified atom stereocenters. The number of anilines is 1. The van der Waals surface area contributed by atoms with Crippen molar-refractivity contribution in [3.05, 3.63) is 29.8 Å². The molecule has 1 aliphatic heterocycles. The Morgan fingerprint density at radius 2 is 1.84 bits per heavy atom. The van der Waals surface area contributed by atoms with E-state index in [1.54, 1.807) is 0 Å². The summed E-state index contributed by atoms with van der Waals surface area (Å²) in [5, 5.41) is 6.90. The third-order valence-electron chi connectivity index (χ3n) is 3.80. The third kappa shape index (κ3) is 5.21. The van der Waals surface area contributed by atoms with Crippen molar-refractivity contribution in [2.24, 2.45) is 0 Å². The van der Waals surface area contributed by atoms with Crippen LogP contribution in [0.1, 0.15) is 25.3 Å². The number of nitrogens with one attached hydrogen (secondary N) is 2. The molecule has 106 valence electrons. The molecule has 1 aliphatic rings. The summed E-state index contributed by atoms with van der Waals surface area (Å²) in [7, 11) is 0. The van der Waals surface area contributed by atoms with Gasteiger partial charge in [0.05, 0.1) is 0 Å². The van der Waals surface area contributed by atoms with E-state index in [9.17, 15) is 0 Å². The average molecular weight is 261 g/mol. The second-order valence-corrected chi connectivity index (χ2v) is 5.28. The van der Waals surface area contributed by atoms with Crippen LogP contribution in [0.3, 0.4) is 0 Å². The van der Waals surface area contributed by atoms with Gasteiger partial charge in [0.15, 0.2) is 0 Å². The van der Waals surface area contributed by atoms with Gasteiger partial charge in [0, 0.05) is 38.4 Å². The molecule has 0 aliphatic carbocycles. The fraction of sp³-hybridized carbons (Fsp3) is 0.625. The summed E-state index contributed by atoms with van der Waals surface area (Å²) < 4.78 is 0. The van der Waals surface area contributed by atoms with Crippen molar-refractivity contribution in [2.75, 3.05) is 44.6 Å². The Bertz CT molecular complexity index is 342. The van der Waals surface area contributed by atoms with Crippen LogP contribution in [0, 0.1) is 0 Å². The number of aryl methyl sites for hydroxylation is 1. The summed E-state index contributed by atoms with van der Waals surface area (Å²) in [5.41, 5.74) is 2.66. The Balaban J connectivity index is 1.55. The minimum Gasteiger partial charge on any atom is -0.385 e. The molecule has 1 saturated heterocycles. The lowest BCUT2D eigenvalue weighted by atomic mass is 10.1. The highest BCUT2D eigenvalue weighted by Crippen LogP contribution is 2.10. The molecule has 3 nitrogen and oxygen atoms in total. The molecule has 19 heavy (non-hydrogen) atoms. The van der Waals surface area contributed by atoms with Crippen molar-refractivity contribution >= 4 is 5.69 Å². The first-order valence-electron chi connectivity index (χ1n) is 7.64. The largest absolute Gasteiger partial charge is 0.385 e. The minimum atomic E-state index is 1.08. The van der Waals surface area contributed by atoms with Crippen LogP contribution in [0.5, 0.6) is 0 Å². The molecule has 1 aromatic rings. The number of piperazine rings is 1. The lowest BCUT2D eigenvalue weighted by Gasteiger charge is -2.27. The van der Waals surface area contributed by atoms with Crippen LogP contribution in [0.2, 0.25) is 0 Å². The number of benzene rings is 1. The highest BCUT2D eigenvalue weighted by Gasteiger charge is 2.07. The number of hydrogen-bond donors (Lipinski definition) is 2. The van der Waals surface area contributed by atoms with Crippen molar-refractivity contribution in [2.45, 2.75) is 26.2 Å². The molecule has 0 amide bonds. The standard InChI is InChI=1S/C16H27N3/c1-2-15-5-7-16(8-6-15)18-9-3-4-12-19-13-10-17-11-14-19/h5-8,17-18H,2-4,9-14H2,1H3. The predicted octanol–water partition coefficient (Wildman–Crippen LogP) is 2.35. The van der Waals surface area contributed by atoms with Crippen molar-refractivity contribution in [1.82, 2.24) is 10.2 Å². The molecule has 0 spiro atoms. The van der Waals surface area contributed by atoms with Gasteiger partial charge in [-0.15, -0.1) is 0 Å². The number of hydrogen-bond acceptors (Lipinski definition) is 3. The second kappa shape index (κ2) is 8.18. The maximum atomic E-state index is 3.50. The highest BCUT2D eigenvalue weighted by molar-refractivity contribution is 5.44. The van der Waals surface area contributed by atoms with E-state index in [1.165, 1.54) is 43.7 Å². The summed E-state index contributed by atoms with van der Waals surface area (Å²) in [6.07, 6.45) is 3.66. The van der Waals surface area contributed by atoms with Gasteiger partial charge in [0.2, 0.25) is 0 Å². The summed E-state index contributed by atoms with van der Waals surface area (Å²) in [4.78, 5) is 2.56. The van der Waals surface area contributed by atoms with Gasteiger partial charge in [-0.3, -0.25) is 0 Å². The Kier molecular flexibility index (Phi) is 6.18. The molecule has 0 bridgehead atoms. The fourth-order valence-corrected chi connectivity index (χ4v) is 2.49. The van der Waals surface area contributed by atoms with Crippen LogP contribution in [-0.4, -0.2) is 44.2 Å². The lowest BCUT2D eigenvalue weighted by molar-refractivity contribution is 0.237. The Morgan fingerprint density at radius 3 is 2.53 bits per heavy atom. The molecule has 1 fully saturated rings. The molecular formula is C16H27N3. The van der Waals surface area contributed by atoms with Gasteiger partial charge in [0.1, 0.15) is 0 Å². The van der Waals surface area contributed by atoms with Gasteiger partial charge in [-0.1, -0.05) is 19.1 Å². The van der Waals surface area contributed by atoms with E-state index in [4.69, 9.17) is 0 Å². The van der Waals surface area contributed by atoms with Gasteiger partial charge < -0.3 is 15.5 Å². The molecule has 0 radical (unpaired) electrons. The van der Waals surface area contributed by atoms with E-state index in [-0.39, 0.29) is 0 Å². The monoisotopic (exact) mass is 261 g/mol. The summed E-state index contributed by atoms with van der Waals surface area (Å²) in [6, 6.07) is 8.80. The third-order valence-corrected chi connectivity index (χ3v) is 3.80. The van der Waals surface area contributed by atoms with Gasteiger partial charge >= 0.3 is 0 Å². The summed E-state index contributed by atoms with van der Waals surface area (Å²) >= 11 is 0. The van der Waals surface area contributed by atoms with Crippen LogP contribution < -0.4 is 10.6 Å². The van der Waals surface area contributed by atoms with E-state index in [0.717, 1.165) is 26.1 Å². The minimum absolute atomic E-state index is 1.08. The molecular weight excluding hydrogens is 234 g/mol. The zero-order chi connectivity index (χ0) is 13.3. The van der Waals surface area contributed by atoms with Crippen LogP contribution in [0.25, 0.3) is 0 Å². The van der Waals surface area contributed by atoms with Crippen molar-refractivity contribution in [1.29, 1.82) is 0 Å². The van der Waals surface area contributed by atoms with Gasteiger partial charge in [-0.25, -0.2) is 0 Å². The van der Waals surface area contributed by atoms with E-state index in [2.05, 4.69) is 46.7 Å². The zero-order valence-corrected chi connectivity index (χ0v) is 12.1. The molecule has 2 rings (SSSR count). The maximum absolute atomic E-state index is 3.50. The van der Waals surface area contributed by atoms with Gasteiger partial charge in [0.25, 0.3) is 0 Å². The van der Waals surface area contributed by atoms with E-state index >= 15 is 0 Å². The van der Waals surface area contributed by atoms with Gasteiger partial charge in [-0.2, -0.15) is 0 Å². The van der Waals surface area contributed by atoms with Crippen LogP contribution >= 0.6 is 0 Å². The lowest BCUT2D eigenvalue weighted by Crippen LogP contribution is -2.43. The van der Waals surface area contributed by atoms with Gasteiger partial charge in [-0.05, 0) is 43.5 Å². The first kappa shape index (κ1) is 14.4. The van der Waals surface area contributed by atoms with E-state index in [1.807, 2.05) is 0 Å². The Morgan fingerprint density at radius 1 is 1.11 bits per heavy atom. The molecule has 0 aromatic heterocycles. The topological polar surface area (TPSA) is 27.3 Å². The van der Waals surface area contributed by atoms with Crippen LogP contribution in [0.15, 0.2) is 24.3 Å². The highest BCUT2D eigenvalue weighted by atomic mass is 15.2. The van der Waals surface area contributed by atoms with Crippen molar-refractivity contribution in [3.63, 3.8) is 0 Å². The predicted molar refractivity (Wildman–Crippen MR) is 82.9 cm³/mol. The maximum Gasteiger partial charge on any atom is 0.0340 e. The first-order valence-corrected chi connectivity index (χ1v) is 7.64. The molecule has 0 saturated carbocycles. The quantitative estimate of drug-likeness (QED) is 0.738. The summed E-state index contributed by atoms with van der Waals surface area (Å²) in [5.74, 6) is 0. The smallest absolute Gasteiger partial charge is 0.0340 e. The zero-order valence-electron chi connectivity index (χ0n) is 12.1. The average Bonchev–Trinajstić information content (AvgIpc) is 2.49. The number of unbranched alkanes of at least 4 members (excludes halogenated alkanes) is 1.